The van der Waals surface area contributed by atoms with Crippen LogP contribution in [0.3, 0.4) is 0 Å². The van der Waals surface area contributed by atoms with Crippen molar-refractivity contribution in [3.05, 3.63) is 54.4 Å². The first-order chi connectivity index (χ1) is 18.5. The molecule has 3 heterocycles. The lowest BCUT2D eigenvalue weighted by Gasteiger charge is -2.28. The van der Waals surface area contributed by atoms with E-state index in [4.69, 9.17) is 19.4 Å². The van der Waals surface area contributed by atoms with Gasteiger partial charge >= 0.3 is 12.1 Å². The first-order valence-electron chi connectivity index (χ1n) is 12.7. The van der Waals surface area contributed by atoms with E-state index < -0.39 is 41.3 Å². The molecule has 0 unspecified atom stereocenters. The number of nitrogens with zero attached hydrogens (tertiary/aromatic N) is 3. The van der Waals surface area contributed by atoms with Crippen molar-refractivity contribution in [3.63, 3.8) is 0 Å². The summed E-state index contributed by atoms with van der Waals surface area (Å²) >= 11 is 1.50. The normalized spacial score (nSPS) is 24.3. The number of aliphatic carboxylic acids is 1. The van der Waals surface area contributed by atoms with E-state index in [1.165, 1.54) is 22.3 Å². The number of para-hydroxylation sites is 2. The Bertz CT molecular complexity index is 1440. The number of amides is 2. The van der Waals surface area contributed by atoms with Gasteiger partial charge in [-0.3, -0.25) is 9.69 Å². The van der Waals surface area contributed by atoms with Crippen molar-refractivity contribution < 1.29 is 29.0 Å². The van der Waals surface area contributed by atoms with Crippen LogP contribution in [0.5, 0.6) is 5.88 Å². The van der Waals surface area contributed by atoms with Crippen LogP contribution in [0.25, 0.3) is 21.6 Å². The molecule has 2 aromatic heterocycles. The average molecular weight is 551 g/mol. The molecule has 5 rings (SSSR count). The smallest absolute Gasteiger partial charge is 0.411 e. The largest absolute Gasteiger partial charge is 0.479 e. The molecule has 11 heteroatoms. The third-order valence-electron chi connectivity index (χ3n) is 6.79. The van der Waals surface area contributed by atoms with Gasteiger partial charge in [-0.2, -0.15) is 0 Å². The number of benzene rings is 1. The Balaban J connectivity index is 1.44. The molecule has 1 aromatic carbocycles. The van der Waals surface area contributed by atoms with Gasteiger partial charge in [0.2, 0.25) is 11.8 Å². The van der Waals surface area contributed by atoms with Crippen LogP contribution in [0.4, 0.5) is 4.79 Å². The zero-order chi connectivity index (χ0) is 27.9. The van der Waals surface area contributed by atoms with Crippen LogP contribution >= 0.6 is 11.3 Å². The third-order valence-corrected chi connectivity index (χ3v) is 7.67. The number of fused-ring (bicyclic) bond motifs is 1. The molecule has 3 aromatic rings. The fourth-order valence-corrected chi connectivity index (χ4v) is 5.48. The van der Waals surface area contributed by atoms with Gasteiger partial charge in [0.1, 0.15) is 29.0 Å². The summed E-state index contributed by atoms with van der Waals surface area (Å²) in [6.07, 6.45) is 0.589. The summed E-state index contributed by atoms with van der Waals surface area (Å²) in [4.78, 5) is 50.2. The first-order valence-corrected chi connectivity index (χ1v) is 13.5. The Morgan fingerprint density at radius 2 is 1.90 bits per heavy atom. The fraction of sp³-hybridized carbons (Fsp3) is 0.393. The van der Waals surface area contributed by atoms with Gasteiger partial charge in [0.15, 0.2) is 0 Å². The Morgan fingerprint density at radius 3 is 2.49 bits per heavy atom. The van der Waals surface area contributed by atoms with E-state index in [0.717, 1.165) is 4.88 Å². The minimum atomic E-state index is -1.42. The highest BCUT2D eigenvalue weighted by Gasteiger charge is 2.61. The molecular weight excluding hydrogens is 520 g/mol. The van der Waals surface area contributed by atoms with Crippen molar-refractivity contribution in [2.45, 2.75) is 56.9 Å². The monoisotopic (exact) mass is 550 g/mol. The first kappa shape index (κ1) is 26.6. The van der Waals surface area contributed by atoms with Crippen LogP contribution in [-0.4, -0.2) is 67.8 Å². The quantitative estimate of drug-likeness (QED) is 0.417. The standard InChI is InChI=1S/C28H30N4O6S/c1-5-16-14-28(16,25(34)35)31-23(33)20-13-17(15-32(20)26(36)38-27(2,3)4)37-24-22(21-11-8-12-39-21)29-18-9-6-7-10-19(18)30-24/h5-12,16-17,20H,1,13-15H2,2-4H3,(H,31,33)(H,34,35)/t16-,17-,20+,28-/m1/s1. The maximum absolute atomic E-state index is 13.4. The number of hydrogen-bond donors (Lipinski definition) is 2. The zero-order valence-electron chi connectivity index (χ0n) is 21.9. The van der Waals surface area contributed by atoms with Crippen LogP contribution in [0.1, 0.15) is 33.6 Å². The molecular formula is C28H30N4O6S. The molecule has 204 valence electrons. The van der Waals surface area contributed by atoms with E-state index in [-0.39, 0.29) is 25.3 Å². The number of hydrogen-bond acceptors (Lipinski definition) is 8. The summed E-state index contributed by atoms with van der Waals surface area (Å²) < 4.78 is 11.9. The summed E-state index contributed by atoms with van der Waals surface area (Å²) in [5, 5.41) is 14.4. The molecule has 0 bridgehead atoms. The Morgan fingerprint density at radius 1 is 1.18 bits per heavy atom. The van der Waals surface area contributed by atoms with Gasteiger partial charge in [-0.1, -0.05) is 24.3 Å². The van der Waals surface area contributed by atoms with Gasteiger partial charge in [0, 0.05) is 12.3 Å². The Hall–Kier alpha value is -3.99. The number of thiophene rings is 1. The Labute approximate surface area is 229 Å². The highest BCUT2D eigenvalue weighted by molar-refractivity contribution is 7.13. The summed E-state index contributed by atoms with van der Waals surface area (Å²) in [6.45, 7) is 8.93. The number of ether oxygens (including phenoxy) is 2. The number of carbonyl (C=O) groups excluding carboxylic acids is 2. The summed E-state index contributed by atoms with van der Waals surface area (Å²) in [5.41, 5.74) is -0.283. The lowest BCUT2D eigenvalue weighted by molar-refractivity contribution is -0.144. The molecule has 1 aliphatic carbocycles. The van der Waals surface area contributed by atoms with E-state index in [0.29, 0.717) is 22.6 Å². The van der Waals surface area contributed by atoms with Crippen molar-refractivity contribution in [2.24, 2.45) is 5.92 Å². The van der Waals surface area contributed by atoms with Crippen molar-refractivity contribution >= 4 is 40.3 Å². The van der Waals surface area contributed by atoms with Crippen LogP contribution in [-0.2, 0) is 14.3 Å². The van der Waals surface area contributed by atoms with Gasteiger partial charge in [-0.25, -0.2) is 19.6 Å². The number of carboxylic acid groups (broad SMARTS) is 1. The molecule has 0 radical (unpaired) electrons. The van der Waals surface area contributed by atoms with Crippen LogP contribution < -0.4 is 10.1 Å². The lowest BCUT2D eigenvalue weighted by atomic mass is 10.1. The second kappa shape index (κ2) is 9.96. The van der Waals surface area contributed by atoms with Gasteiger partial charge in [0.25, 0.3) is 0 Å². The Kier molecular flexibility index (Phi) is 6.79. The predicted octanol–water partition coefficient (Wildman–Crippen LogP) is 4.26. The molecule has 1 saturated heterocycles. The van der Waals surface area contributed by atoms with Crippen molar-refractivity contribution in [2.75, 3.05) is 6.54 Å². The van der Waals surface area contributed by atoms with Crippen molar-refractivity contribution in [3.8, 4) is 16.5 Å². The van der Waals surface area contributed by atoms with Crippen LogP contribution in [0.2, 0.25) is 0 Å². The molecule has 39 heavy (non-hydrogen) atoms. The topological polar surface area (TPSA) is 131 Å². The number of likely N-dealkylation sites (tertiary alicyclic amines) is 1. The molecule has 4 atom stereocenters. The summed E-state index contributed by atoms with van der Waals surface area (Å²) in [5.74, 6) is -1.81. The number of carbonyl (C=O) groups is 3. The molecule has 1 saturated carbocycles. The molecule has 2 N–H and O–H groups in total. The SMILES string of the molecule is C=C[C@@H]1C[C@]1(NC(=O)[C@@H]1C[C@@H](Oc2nc3ccccc3nc2-c2cccs2)CN1C(=O)OC(C)(C)C)C(=O)O. The number of nitrogens with one attached hydrogen (secondary N) is 1. The second-order valence-corrected chi connectivity index (χ2v) is 11.7. The number of carboxylic acids is 1. The van der Waals surface area contributed by atoms with Gasteiger partial charge in [0.05, 0.1) is 22.5 Å². The molecule has 2 amide bonds. The summed E-state index contributed by atoms with van der Waals surface area (Å²) in [7, 11) is 0. The van der Waals surface area contributed by atoms with E-state index >= 15 is 0 Å². The fourth-order valence-electron chi connectivity index (χ4n) is 4.77. The molecule has 2 aliphatic rings. The summed E-state index contributed by atoms with van der Waals surface area (Å²) in [6, 6.07) is 10.3. The van der Waals surface area contributed by atoms with Crippen molar-refractivity contribution in [1.82, 2.24) is 20.2 Å². The maximum atomic E-state index is 13.4. The van der Waals surface area contributed by atoms with E-state index in [9.17, 15) is 19.5 Å². The minimum absolute atomic E-state index is 0.0519. The molecule has 10 nitrogen and oxygen atoms in total. The predicted molar refractivity (Wildman–Crippen MR) is 145 cm³/mol. The zero-order valence-corrected chi connectivity index (χ0v) is 22.7. The highest BCUT2D eigenvalue weighted by Crippen LogP contribution is 2.45. The van der Waals surface area contributed by atoms with Crippen LogP contribution in [0.15, 0.2) is 54.4 Å². The van der Waals surface area contributed by atoms with Gasteiger partial charge < -0.3 is 19.9 Å². The molecule has 0 spiro atoms. The van der Waals surface area contributed by atoms with E-state index in [1.54, 1.807) is 20.8 Å². The molecule has 2 fully saturated rings. The average Bonchev–Trinajstić information content (AvgIpc) is 3.20. The second-order valence-electron chi connectivity index (χ2n) is 10.8. The van der Waals surface area contributed by atoms with E-state index in [2.05, 4.69) is 11.9 Å². The molecule has 1 aliphatic heterocycles. The third kappa shape index (κ3) is 5.31. The lowest BCUT2D eigenvalue weighted by Crippen LogP contribution is -2.53. The van der Waals surface area contributed by atoms with Gasteiger partial charge in [-0.15, -0.1) is 17.9 Å². The number of aromatic nitrogens is 2. The van der Waals surface area contributed by atoms with Crippen LogP contribution in [0, 0.1) is 5.92 Å². The number of rotatable bonds is 7. The maximum Gasteiger partial charge on any atom is 0.411 e. The van der Waals surface area contributed by atoms with Gasteiger partial charge in [-0.05, 0) is 50.8 Å². The van der Waals surface area contributed by atoms with E-state index in [1.807, 2.05) is 41.8 Å². The highest BCUT2D eigenvalue weighted by atomic mass is 32.1. The van der Waals surface area contributed by atoms with Crippen molar-refractivity contribution in [1.29, 1.82) is 0 Å². The minimum Gasteiger partial charge on any atom is -0.479 e.